The first-order valence-electron chi connectivity index (χ1n) is 6.88. The topological polar surface area (TPSA) is 54.9 Å². The minimum absolute atomic E-state index is 0.0721. The zero-order valence-electron chi connectivity index (χ0n) is 11.6. The number of nitrogens with zero attached hydrogens (tertiary/aromatic N) is 2. The summed E-state index contributed by atoms with van der Waals surface area (Å²) in [5.41, 5.74) is 2.35. The van der Waals surface area contributed by atoms with E-state index in [1.54, 1.807) is 0 Å². The SMILES string of the molecule is CC(C)c1ccc(-c2nnc(NC(=O)C3CC3)s2)cc1. The normalized spacial score (nSPS) is 14.6. The lowest BCUT2D eigenvalue weighted by molar-refractivity contribution is -0.117. The highest BCUT2D eigenvalue weighted by molar-refractivity contribution is 7.18. The molecule has 1 aromatic carbocycles. The fourth-order valence-corrected chi connectivity index (χ4v) is 2.71. The summed E-state index contributed by atoms with van der Waals surface area (Å²) in [7, 11) is 0. The number of carbonyl (C=O) groups is 1. The molecule has 0 spiro atoms. The molecule has 0 saturated heterocycles. The Bertz CT molecular complexity index is 614. The number of amides is 1. The Morgan fingerprint density at radius 2 is 1.95 bits per heavy atom. The van der Waals surface area contributed by atoms with Crippen molar-refractivity contribution in [2.45, 2.75) is 32.6 Å². The van der Waals surface area contributed by atoms with Crippen molar-refractivity contribution in [1.82, 2.24) is 10.2 Å². The summed E-state index contributed by atoms with van der Waals surface area (Å²) >= 11 is 1.42. The van der Waals surface area contributed by atoms with Crippen molar-refractivity contribution in [2.24, 2.45) is 5.92 Å². The third kappa shape index (κ3) is 2.88. The van der Waals surface area contributed by atoms with E-state index in [-0.39, 0.29) is 11.8 Å². The Labute approximate surface area is 122 Å². The number of anilines is 1. The van der Waals surface area contributed by atoms with Gasteiger partial charge >= 0.3 is 0 Å². The van der Waals surface area contributed by atoms with Crippen molar-refractivity contribution in [3.05, 3.63) is 29.8 Å². The van der Waals surface area contributed by atoms with Crippen LogP contribution in [0.5, 0.6) is 0 Å². The first-order valence-corrected chi connectivity index (χ1v) is 7.70. The fourth-order valence-electron chi connectivity index (χ4n) is 1.95. The molecule has 1 aliphatic rings. The standard InChI is InChI=1S/C15H17N3OS/c1-9(2)10-3-7-12(8-4-10)14-17-18-15(20-14)16-13(19)11-5-6-11/h3-4,7-9,11H,5-6H2,1-2H3,(H,16,18,19). The van der Waals surface area contributed by atoms with Crippen molar-refractivity contribution >= 4 is 22.4 Å². The highest BCUT2D eigenvalue weighted by atomic mass is 32.1. The minimum atomic E-state index is 0.0721. The van der Waals surface area contributed by atoms with E-state index < -0.39 is 0 Å². The Balaban J connectivity index is 1.73. The molecule has 1 amide bonds. The van der Waals surface area contributed by atoms with Crippen molar-refractivity contribution < 1.29 is 4.79 Å². The molecule has 0 bridgehead atoms. The monoisotopic (exact) mass is 287 g/mol. The van der Waals surface area contributed by atoms with Gasteiger partial charge in [0.15, 0.2) is 0 Å². The van der Waals surface area contributed by atoms with Gasteiger partial charge < -0.3 is 5.32 Å². The van der Waals surface area contributed by atoms with Crippen LogP contribution in [0.1, 0.15) is 38.2 Å². The number of hydrogen-bond acceptors (Lipinski definition) is 4. The second-order valence-electron chi connectivity index (χ2n) is 5.45. The van der Waals surface area contributed by atoms with Gasteiger partial charge in [0.25, 0.3) is 0 Å². The zero-order chi connectivity index (χ0) is 14.1. The molecular formula is C15H17N3OS. The van der Waals surface area contributed by atoms with Crippen LogP contribution in [-0.4, -0.2) is 16.1 Å². The summed E-state index contributed by atoms with van der Waals surface area (Å²) in [5, 5.41) is 12.4. The number of hydrogen-bond donors (Lipinski definition) is 1. The van der Waals surface area contributed by atoms with Gasteiger partial charge in [-0.2, -0.15) is 0 Å². The minimum Gasteiger partial charge on any atom is -0.300 e. The van der Waals surface area contributed by atoms with Crippen LogP contribution in [0.4, 0.5) is 5.13 Å². The summed E-state index contributed by atoms with van der Waals surface area (Å²) in [6.07, 6.45) is 1.99. The van der Waals surface area contributed by atoms with Crippen molar-refractivity contribution in [3.63, 3.8) is 0 Å². The van der Waals surface area contributed by atoms with Gasteiger partial charge in [0.05, 0.1) is 0 Å². The number of aromatic nitrogens is 2. The van der Waals surface area contributed by atoms with Crippen LogP contribution in [0.3, 0.4) is 0 Å². The molecule has 1 N–H and O–H groups in total. The Morgan fingerprint density at radius 3 is 2.55 bits per heavy atom. The summed E-state index contributed by atoms with van der Waals surface area (Å²) in [6.45, 7) is 4.34. The van der Waals surface area contributed by atoms with Gasteiger partial charge in [0, 0.05) is 11.5 Å². The molecule has 1 heterocycles. The van der Waals surface area contributed by atoms with Crippen LogP contribution in [-0.2, 0) is 4.79 Å². The maximum Gasteiger partial charge on any atom is 0.229 e. The largest absolute Gasteiger partial charge is 0.300 e. The maximum atomic E-state index is 11.7. The predicted molar refractivity (Wildman–Crippen MR) is 80.8 cm³/mol. The van der Waals surface area contributed by atoms with E-state index in [9.17, 15) is 4.79 Å². The zero-order valence-corrected chi connectivity index (χ0v) is 12.4. The van der Waals surface area contributed by atoms with E-state index in [1.165, 1.54) is 16.9 Å². The third-order valence-electron chi connectivity index (χ3n) is 3.43. The van der Waals surface area contributed by atoms with Crippen LogP contribution < -0.4 is 5.32 Å². The van der Waals surface area contributed by atoms with Gasteiger partial charge in [-0.15, -0.1) is 10.2 Å². The van der Waals surface area contributed by atoms with Crippen molar-refractivity contribution in [1.29, 1.82) is 0 Å². The maximum absolute atomic E-state index is 11.7. The number of nitrogens with one attached hydrogen (secondary N) is 1. The molecule has 104 valence electrons. The molecule has 1 fully saturated rings. The molecule has 1 aliphatic carbocycles. The molecule has 0 radical (unpaired) electrons. The molecule has 5 heteroatoms. The predicted octanol–water partition coefficient (Wildman–Crippen LogP) is 3.68. The van der Waals surface area contributed by atoms with Crippen molar-refractivity contribution in [3.8, 4) is 10.6 Å². The highest BCUT2D eigenvalue weighted by Gasteiger charge is 2.30. The van der Waals surface area contributed by atoms with Gasteiger partial charge in [-0.05, 0) is 24.3 Å². The molecular weight excluding hydrogens is 270 g/mol. The number of carbonyl (C=O) groups excluding carboxylic acids is 1. The summed E-state index contributed by atoms with van der Waals surface area (Å²) in [5.74, 6) is 0.780. The van der Waals surface area contributed by atoms with Crippen LogP contribution in [0, 0.1) is 5.92 Å². The second kappa shape index (κ2) is 5.32. The van der Waals surface area contributed by atoms with Gasteiger partial charge in [-0.25, -0.2) is 0 Å². The first-order chi connectivity index (χ1) is 9.63. The van der Waals surface area contributed by atoms with E-state index in [4.69, 9.17) is 0 Å². The average molecular weight is 287 g/mol. The Morgan fingerprint density at radius 1 is 1.25 bits per heavy atom. The quantitative estimate of drug-likeness (QED) is 0.933. The Kier molecular flexibility index (Phi) is 3.53. The van der Waals surface area contributed by atoms with E-state index in [2.05, 4.69) is 53.6 Å². The molecule has 20 heavy (non-hydrogen) atoms. The van der Waals surface area contributed by atoms with Crippen LogP contribution in [0.15, 0.2) is 24.3 Å². The Hall–Kier alpha value is -1.75. The lowest BCUT2D eigenvalue weighted by Crippen LogP contribution is -2.12. The van der Waals surface area contributed by atoms with Gasteiger partial charge in [-0.1, -0.05) is 49.4 Å². The molecule has 2 aromatic rings. The van der Waals surface area contributed by atoms with E-state index >= 15 is 0 Å². The lowest BCUT2D eigenvalue weighted by atomic mass is 10.0. The molecule has 3 rings (SSSR count). The molecule has 1 aromatic heterocycles. The highest BCUT2D eigenvalue weighted by Crippen LogP contribution is 2.32. The van der Waals surface area contributed by atoms with Crippen LogP contribution in [0.2, 0.25) is 0 Å². The molecule has 0 aliphatic heterocycles. The molecule has 4 nitrogen and oxygen atoms in total. The third-order valence-corrected chi connectivity index (χ3v) is 4.32. The lowest BCUT2D eigenvalue weighted by Gasteiger charge is -2.04. The summed E-state index contributed by atoms with van der Waals surface area (Å²) < 4.78 is 0. The number of benzene rings is 1. The van der Waals surface area contributed by atoms with Crippen molar-refractivity contribution in [2.75, 3.05) is 5.32 Å². The average Bonchev–Trinajstić information content (AvgIpc) is 3.20. The van der Waals surface area contributed by atoms with E-state index in [0.29, 0.717) is 11.0 Å². The van der Waals surface area contributed by atoms with Crippen LogP contribution >= 0.6 is 11.3 Å². The molecule has 0 atom stereocenters. The van der Waals surface area contributed by atoms with Gasteiger partial charge in [0.1, 0.15) is 5.01 Å². The molecule has 0 unspecified atom stereocenters. The number of rotatable bonds is 4. The fraction of sp³-hybridized carbons (Fsp3) is 0.400. The first kappa shape index (κ1) is 13.2. The van der Waals surface area contributed by atoms with Crippen LogP contribution in [0.25, 0.3) is 10.6 Å². The summed E-state index contributed by atoms with van der Waals surface area (Å²) in [6, 6.07) is 8.35. The van der Waals surface area contributed by atoms with Gasteiger partial charge in [0.2, 0.25) is 11.0 Å². The second-order valence-corrected chi connectivity index (χ2v) is 6.43. The van der Waals surface area contributed by atoms with E-state index in [0.717, 1.165) is 23.4 Å². The van der Waals surface area contributed by atoms with E-state index in [1.807, 2.05) is 0 Å². The van der Waals surface area contributed by atoms with Gasteiger partial charge in [-0.3, -0.25) is 4.79 Å². The molecule has 1 saturated carbocycles. The summed E-state index contributed by atoms with van der Waals surface area (Å²) in [4.78, 5) is 11.7. The smallest absolute Gasteiger partial charge is 0.229 e.